The maximum absolute atomic E-state index is 12.7. The Morgan fingerprint density at radius 3 is 2.77 bits per heavy atom. The Hall–Kier alpha value is -3.57. The number of nitrogens with one attached hydrogen (secondary N) is 1. The summed E-state index contributed by atoms with van der Waals surface area (Å²) in [6.45, 7) is 1.81. The number of nitrogens with zero attached hydrogens (tertiary/aromatic N) is 2. The molecule has 1 N–H and O–H groups in total. The van der Waals surface area contributed by atoms with E-state index in [1.54, 1.807) is 11.3 Å². The quantitative estimate of drug-likeness (QED) is 0.260. The molecular formula is C20H15N3O6S2. The van der Waals surface area contributed by atoms with Crippen LogP contribution in [0.3, 0.4) is 0 Å². The third-order valence-electron chi connectivity index (χ3n) is 4.44. The maximum Gasteiger partial charge on any atom is 0.338 e. The zero-order chi connectivity index (χ0) is 22.1. The fourth-order valence-corrected chi connectivity index (χ4v) is 4.92. The van der Waals surface area contributed by atoms with Crippen LogP contribution in [0, 0.1) is 17.0 Å². The average Bonchev–Trinajstić information content (AvgIpc) is 3.37. The van der Waals surface area contributed by atoms with E-state index in [1.165, 1.54) is 30.6 Å². The van der Waals surface area contributed by atoms with Crippen LogP contribution in [0.1, 0.15) is 21.1 Å². The number of thiophene rings is 2. The number of hydrogen-bond donors (Lipinski definition) is 1. The molecular weight excluding hydrogens is 442 g/mol. The van der Waals surface area contributed by atoms with Crippen molar-refractivity contribution < 1.29 is 19.2 Å². The molecule has 3 aromatic heterocycles. The number of esters is 1. The Bertz CT molecular complexity index is 1370. The molecule has 4 rings (SSSR count). The summed E-state index contributed by atoms with van der Waals surface area (Å²) in [5, 5.41) is 13.8. The highest BCUT2D eigenvalue weighted by Gasteiger charge is 2.20. The number of rotatable bonds is 6. The van der Waals surface area contributed by atoms with E-state index in [0.29, 0.717) is 10.2 Å². The molecule has 9 nitrogen and oxygen atoms in total. The number of methoxy groups -OCH3 is 1. The third kappa shape index (κ3) is 4.05. The predicted octanol–water partition coefficient (Wildman–Crippen LogP) is 4.30. The summed E-state index contributed by atoms with van der Waals surface area (Å²) in [6.07, 6.45) is 0. The molecule has 0 amide bonds. The second-order valence-electron chi connectivity index (χ2n) is 6.47. The van der Waals surface area contributed by atoms with E-state index < -0.39 is 16.6 Å². The number of fused-ring (bicyclic) bond motifs is 1. The van der Waals surface area contributed by atoms with Crippen LogP contribution in [0.15, 0.2) is 40.5 Å². The van der Waals surface area contributed by atoms with Crippen molar-refractivity contribution in [2.24, 2.45) is 0 Å². The van der Waals surface area contributed by atoms with Crippen molar-refractivity contribution in [3.8, 4) is 16.2 Å². The normalized spacial score (nSPS) is 10.9. The van der Waals surface area contributed by atoms with Gasteiger partial charge in [-0.2, -0.15) is 0 Å². The van der Waals surface area contributed by atoms with Crippen molar-refractivity contribution in [1.82, 2.24) is 9.97 Å². The molecule has 0 aliphatic carbocycles. The smallest absolute Gasteiger partial charge is 0.338 e. The van der Waals surface area contributed by atoms with E-state index in [-0.39, 0.29) is 29.3 Å². The highest BCUT2D eigenvalue weighted by Crippen LogP contribution is 2.35. The number of hydrogen-bond acceptors (Lipinski definition) is 9. The first kappa shape index (κ1) is 20.7. The number of nitro benzene ring substituents is 1. The molecule has 11 heteroatoms. The predicted molar refractivity (Wildman–Crippen MR) is 117 cm³/mol. The van der Waals surface area contributed by atoms with Gasteiger partial charge in [-0.25, -0.2) is 9.78 Å². The number of benzene rings is 1. The van der Waals surface area contributed by atoms with Gasteiger partial charge in [0.1, 0.15) is 17.3 Å². The van der Waals surface area contributed by atoms with Gasteiger partial charge in [0.25, 0.3) is 5.56 Å². The molecule has 1 aromatic carbocycles. The number of aromatic nitrogens is 2. The molecule has 3 heterocycles. The molecule has 0 bridgehead atoms. The van der Waals surface area contributed by atoms with Crippen molar-refractivity contribution in [2.45, 2.75) is 13.5 Å². The van der Waals surface area contributed by atoms with Gasteiger partial charge in [0.2, 0.25) is 0 Å². The summed E-state index contributed by atoms with van der Waals surface area (Å²) >= 11 is 2.94. The second-order valence-corrected chi connectivity index (χ2v) is 8.62. The van der Waals surface area contributed by atoms with Gasteiger partial charge in [-0.1, -0.05) is 0 Å². The van der Waals surface area contributed by atoms with E-state index in [1.807, 2.05) is 24.4 Å². The first-order valence-electron chi connectivity index (χ1n) is 8.94. The third-order valence-corrected chi connectivity index (χ3v) is 6.35. The number of nitro groups is 1. The van der Waals surface area contributed by atoms with Crippen LogP contribution in [0.4, 0.5) is 5.69 Å². The van der Waals surface area contributed by atoms with Crippen molar-refractivity contribution in [1.29, 1.82) is 0 Å². The summed E-state index contributed by atoms with van der Waals surface area (Å²) < 4.78 is 10.1. The summed E-state index contributed by atoms with van der Waals surface area (Å²) in [6, 6.07) is 7.71. The Balaban J connectivity index is 1.62. The van der Waals surface area contributed by atoms with Crippen LogP contribution in [0.25, 0.3) is 20.7 Å². The molecule has 0 spiro atoms. The zero-order valence-corrected chi connectivity index (χ0v) is 18.0. The van der Waals surface area contributed by atoms with Crippen molar-refractivity contribution in [3.05, 3.63) is 72.4 Å². The number of aromatic amines is 1. The standard InChI is InChI=1S/C20H15N3O6S2/c1-10-3-6-15(31-10)12-9-30-19-17(12)18(24)21-16(22-19)8-29-14-5-4-11(20(25)28-2)7-13(14)23(26)27/h3-7,9H,8H2,1-2H3,(H,21,22,24). The van der Waals surface area contributed by atoms with Crippen LogP contribution >= 0.6 is 22.7 Å². The molecule has 31 heavy (non-hydrogen) atoms. The average molecular weight is 457 g/mol. The SMILES string of the molecule is COC(=O)c1ccc(OCc2nc3scc(-c4ccc(C)s4)c3c(=O)[nH]2)c([N+](=O)[O-])c1. The highest BCUT2D eigenvalue weighted by molar-refractivity contribution is 7.19. The lowest BCUT2D eigenvalue weighted by Gasteiger charge is -2.08. The van der Waals surface area contributed by atoms with Gasteiger partial charge >= 0.3 is 11.7 Å². The van der Waals surface area contributed by atoms with Crippen LogP contribution < -0.4 is 10.3 Å². The second kappa shape index (κ2) is 8.28. The van der Waals surface area contributed by atoms with E-state index in [4.69, 9.17) is 4.74 Å². The first-order valence-corrected chi connectivity index (χ1v) is 10.6. The molecule has 4 aromatic rings. The highest BCUT2D eigenvalue weighted by atomic mass is 32.1. The van der Waals surface area contributed by atoms with Crippen molar-refractivity contribution in [3.63, 3.8) is 0 Å². The zero-order valence-electron chi connectivity index (χ0n) is 16.3. The van der Waals surface area contributed by atoms with Crippen LogP contribution in [0.5, 0.6) is 5.75 Å². The van der Waals surface area contributed by atoms with Crippen molar-refractivity contribution >= 4 is 44.5 Å². The van der Waals surface area contributed by atoms with Gasteiger partial charge in [0.15, 0.2) is 5.75 Å². The monoisotopic (exact) mass is 457 g/mol. The molecule has 0 aliphatic heterocycles. The van der Waals surface area contributed by atoms with E-state index in [9.17, 15) is 19.7 Å². The number of aryl methyl sites for hydroxylation is 1. The van der Waals surface area contributed by atoms with Gasteiger partial charge in [0, 0.05) is 26.8 Å². The lowest BCUT2D eigenvalue weighted by Crippen LogP contribution is -2.13. The minimum Gasteiger partial charge on any atom is -0.479 e. The van der Waals surface area contributed by atoms with Gasteiger partial charge in [-0.15, -0.1) is 22.7 Å². The Morgan fingerprint density at radius 1 is 1.29 bits per heavy atom. The minimum absolute atomic E-state index is 0.0319. The largest absolute Gasteiger partial charge is 0.479 e. The first-order chi connectivity index (χ1) is 14.9. The number of ether oxygens (including phenoxy) is 2. The summed E-state index contributed by atoms with van der Waals surface area (Å²) in [5.41, 5.74) is 0.164. The van der Waals surface area contributed by atoms with Crippen LogP contribution in [-0.2, 0) is 11.3 Å². The maximum atomic E-state index is 12.7. The molecule has 0 radical (unpaired) electrons. The van der Waals surface area contributed by atoms with E-state index in [0.717, 1.165) is 21.4 Å². The molecule has 158 valence electrons. The minimum atomic E-state index is -0.694. The van der Waals surface area contributed by atoms with Crippen LogP contribution in [-0.4, -0.2) is 28.0 Å². The molecule has 0 atom stereocenters. The van der Waals surface area contributed by atoms with Gasteiger partial charge in [-0.3, -0.25) is 14.9 Å². The number of H-pyrrole nitrogens is 1. The summed E-state index contributed by atoms with van der Waals surface area (Å²) in [5.74, 6) is -0.513. The lowest BCUT2D eigenvalue weighted by atomic mass is 10.2. The Labute approximate surface area is 183 Å². The number of carbonyl (C=O) groups is 1. The molecule has 0 saturated heterocycles. The molecule has 0 aliphatic rings. The fourth-order valence-electron chi connectivity index (χ4n) is 3.00. The van der Waals surface area contributed by atoms with Crippen molar-refractivity contribution in [2.75, 3.05) is 7.11 Å². The van der Waals surface area contributed by atoms with Gasteiger partial charge < -0.3 is 14.5 Å². The molecule has 0 fully saturated rings. The van der Waals surface area contributed by atoms with Gasteiger partial charge in [-0.05, 0) is 31.2 Å². The Morgan fingerprint density at radius 2 is 2.10 bits per heavy atom. The van der Waals surface area contributed by atoms with Gasteiger partial charge in [0.05, 0.1) is 23.0 Å². The number of carbonyl (C=O) groups excluding carboxylic acids is 1. The fraction of sp³-hybridized carbons (Fsp3) is 0.150. The summed E-state index contributed by atoms with van der Waals surface area (Å²) in [4.78, 5) is 44.8. The Kier molecular flexibility index (Phi) is 5.53. The summed E-state index contributed by atoms with van der Waals surface area (Å²) in [7, 11) is 1.19. The lowest BCUT2D eigenvalue weighted by molar-refractivity contribution is -0.386. The van der Waals surface area contributed by atoms with E-state index >= 15 is 0 Å². The topological polar surface area (TPSA) is 124 Å². The van der Waals surface area contributed by atoms with Crippen LogP contribution in [0.2, 0.25) is 0 Å². The molecule has 0 unspecified atom stereocenters. The molecule has 0 saturated carbocycles. The van der Waals surface area contributed by atoms with E-state index in [2.05, 4.69) is 14.7 Å².